The molecule has 2 aromatic heterocycles. The molecule has 0 saturated heterocycles. The van der Waals surface area contributed by atoms with Crippen LogP contribution in [0, 0.1) is 6.92 Å². The Labute approximate surface area is 130 Å². The highest BCUT2D eigenvalue weighted by atomic mass is 32.1. The topological polar surface area (TPSA) is 39.1 Å². The van der Waals surface area contributed by atoms with Gasteiger partial charge in [-0.05, 0) is 39.7 Å². The lowest BCUT2D eigenvalue weighted by Gasteiger charge is -2.04. The van der Waals surface area contributed by atoms with E-state index in [1.165, 1.54) is 28.2 Å². The summed E-state index contributed by atoms with van der Waals surface area (Å²) in [4.78, 5) is 2.75. The number of hydrogen-bond acceptors (Lipinski definition) is 4. The zero-order valence-corrected chi connectivity index (χ0v) is 13.7. The number of nitrogens with one attached hydrogen (secondary N) is 1. The van der Waals surface area contributed by atoms with E-state index >= 15 is 0 Å². The van der Waals surface area contributed by atoms with Gasteiger partial charge in [-0.25, -0.2) is 0 Å². The third-order valence-electron chi connectivity index (χ3n) is 3.72. The van der Waals surface area contributed by atoms with Crippen molar-refractivity contribution in [3.05, 3.63) is 33.8 Å². The van der Waals surface area contributed by atoms with Crippen molar-refractivity contribution in [1.29, 1.82) is 0 Å². The summed E-state index contributed by atoms with van der Waals surface area (Å²) in [6.07, 6.45) is 6.42. The van der Waals surface area contributed by atoms with Crippen molar-refractivity contribution >= 4 is 11.3 Å². The van der Waals surface area contributed by atoms with Crippen molar-refractivity contribution in [2.45, 2.75) is 58.8 Å². The highest BCUT2D eigenvalue weighted by Crippen LogP contribution is 2.25. The van der Waals surface area contributed by atoms with E-state index in [9.17, 15) is 0 Å². The van der Waals surface area contributed by atoms with Crippen molar-refractivity contribution < 1.29 is 4.74 Å². The van der Waals surface area contributed by atoms with Crippen molar-refractivity contribution in [3.63, 3.8) is 0 Å². The van der Waals surface area contributed by atoms with Gasteiger partial charge in [0.15, 0.2) is 5.75 Å². The van der Waals surface area contributed by atoms with Crippen LogP contribution in [-0.4, -0.2) is 15.8 Å². The summed E-state index contributed by atoms with van der Waals surface area (Å²) in [6.45, 7) is 8.00. The van der Waals surface area contributed by atoms with Crippen LogP contribution in [-0.2, 0) is 13.2 Å². The van der Waals surface area contributed by atoms with Gasteiger partial charge in [-0.2, -0.15) is 5.10 Å². The van der Waals surface area contributed by atoms with Crippen molar-refractivity contribution in [3.8, 4) is 5.75 Å². The van der Waals surface area contributed by atoms with Gasteiger partial charge in [-0.15, -0.1) is 11.3 Å². The van der Waals surface area contributed by atoms with Gasteiger partial charge in [-0.1, -0.05) is 0 Å². The van der Waals surface area contributed by atoms with Crippen LogP contribution < -0.4 is 10.1 Å². The van der Waals surface area contributed by atoms with E-state index in [2.05, 4.69) is 37.3 Å². The Hall–Kier alpha value is -1.33. The Morgan fingerprint density at radius 2 is 2.29 bits per heavy atom. The predicted octanol–water partition coefficient (Wildman–Crippen LogP) is 3.66. The van der Waals surface area contributed by atoms with Crippen LogP contribution >= 0.6 is 11.3 Å². The summed E-state index contributed by atoms with van der Waals surface area (Å²) in [5.41, 5.74) is 1.28. The lowest BCUT2D eigenvalue weighted by molar-refractivity contribution is 0.305. The van der Waals surface area contributed by atoms with E-state index in [1.807, 2.05) is 22.2 Å². The first-order chi connectivity index (χ1) is 10.1. The fourth-order valence-corrected chi connectivity index (χ4v) is 3.19. The maximum Gasteiger partial charge on any atom is 0.157 e. The molecular formula is C16H23N3OS. The van der Waals surface area contributed by atoms with Crippen LogP contribution in [0.2, 0.25) is 0 Å². The number of nitrogens with zero attached hydrogens (tertiary/aromatic N) is 2. The van der Waals surface area contributed by atoms with Crippen LogP contribution in [0.1, 0.15) is 48.0 Å². The highest BCUT2D eigenvalue weighted by Gasteiger charge is 2.20. The third kappa shape index (κ3) is 3.86. The maximum atomic E-state index is 5.86. The fraction of sp³-hybridized carbons (Fsp3) is 0.562. The minimum atomic E-state index is 0.366. The zero-order valence-electron chi connectivity index (χ0n) is 12.9. The molecule has 0 radical (unpaired) electrons. The monoisotopic (exact) mass is 305 g/mol. The van der Waals surface area contributed by atoms with Gasteiger partial charge in [-0.3, -0.25) is 4.68 Å². The lowest BCUT2D eigenvalue weighted by atomic mass is 10.2. The summed E-state index contributed by atoms with van der Waals surface area (Å²) in [5.74, 6) is 0.840. The summed E-state index contributed by atoms with van der Waals surface area (Å²) in [7, 11) is 0. The molecule has 3 rings (SSSR count). The Kier molecular flexibility index (Phi) is 4.31. The molecule has 0 amide bonds. The molecular weight excluding hydrogens is 282 g/mol. The number of aromatic nitrogens is 2. The molecule has 4 nitrogen and oxygen atoms in total. The van der Waals surface area contributed by atoms with Gasteiger partial charge >= 0.3 is 0 Å². The van der Waals surface area contributed by atoms with E-state index < -0.39 is 0 Å². The van der Waals surface area contributed by atoms with Crippen molar-refractivity contribution in [2.75, 3.05) is 0 Å². The molecule has 0 bridgehead atoms. The van der Waals surface area contributed by atoms with Gasteiger partial charge in [0.2, 0.25) is 0 Å². The molecule has 5 heteroatoms. The van der Waals surface area contributed by atoms with Crippen molar-refractivity contribution in [1.82, 2.24) is 15.1 Å². The predicted molar refractivity (Wildman–Crippen MR) is 85.9 cm³/mol. The Morgan fingerprint density at radius 1 is 1.48 bits per heavy atom. The zero-order chi connectivity index (χ0) is 14.8. The number of hydrogen-bond donors (Lipinski definition) is 1. The normalized spacial score (nSPS) is 14.9. The third-order valence-corrected chi connectivity index (χ3v) is 4.81. The van der Waals surface area contributed by atoms with Crippen LogP contribution in [0.3, 0.4) is 0 Å². The number of aryl methyl sites for hydroxylation is 1. The minimum absolute atomic E-state index is 0.366. The molecule has 21 heavy (non-hydrogen) atoms. The molecule has 2 heterocycles. The SMILES string of the molecule is Cc1sc(CNC2CC2)cc1COc1cnn(C(C)C)c1. The van der Waals surface area contributed by atoms with Gasteiger partial charge in [0.25, 0.3) is 0 Å². The number of ether oxygens (including phenoxy) is 1. The maximum absolute atomic E-state index is 5.86. The molecule has 2 aromatic rings. The average molecular weight is 305 g/mol. The quantitative estimate of drug-likeness (QED) is 0.848. The van der Waals surface area contributed by atoms with Gasteiger partial charge < -0.3 is 10.1 Å². The molecule has 1 aliphatic rings. The summed E-state index contributed by atoms with van der Waals surface area (Å²) < 4.78 is 7.78. The first-order valence-corrected chi connectivity index (χ1v) is 8.42. The number of rotatable bonds is 7. The van der Waals surface area contributed by atoms with E-state index in [4.69, 9.17) is 4.74 Å². The second-order valence-corrected chi connectivity index (χ2v) is 7.33. The Morgan fingerprint density at radius 3 is 2.95 bits per heavy atom. The molecule has 0 aliphatic heterocycles. The minimum Gasteiger partial charge on any atom is -0.486 e. The highest BCUT2D eigenvalue weighted by molar-refractivity contribution is 7.12. The van der Waals surface area contributed by atoms with E-state index in [0.717, 1.165) is 18.3 Å². The molecule has 0 spiro atoms. The smallest absolute Gasteiger partial charge is 0.157 e. The van der Waals surface area contributed by atoms with Crippen LogP contribution in [0.25, 0.3) is 0 Å². The van der Waals surface area contributed by atoms with Crippen LogP contribution in [0.4, 0.5) is 0 Å². The summed E-state index contributed by atoms with van der Waals surface area (Å²) in [5, 5.41) is 7.85. The first kappa shape index (κ1) is 14.6. The second-order valence-electron chi connectivity index (χ2n) is 5.99. The Bertz CT molecular complexity index is 598. The molecule has 114 valence electrons. The Balaban J connectivity index is 1.55. The fourth-order valence-electron chi connectivity index (χ4n) is 2.19. The second kappa shape index (κ2) is 6.20. The largest absolute Gasteiger partial charge is 0.486 e. The average Bonchev–Trinajstić information content (AvgIpc) is 3.03. The van der Waals surface area contributed by atoms with Crippen LogP contribution in [0.15, 0.2) is 18.5 Å². The van der Waals surface area contributed by atoms with E-state index in [1.54, 1.807) is 6.20 Å². The van der Waals surface area contributed by atoms with Gasteiger partial charge in [0.1, 0.15) is 6.61 Å². The molecule has 1 saturated carbocycles. The standard InChI is InChI=1S/C16H23N3OS/c1-11(2)19-9-15(7-18-19)20-10-13-6-16(21-12(13)3)8-17-14-4-5-14/h6-7,9,11,14,17H,4-5,8,10H2,1-3H3. The first-order valence-electron chi connectivity index (χ1n) is 7.60. The summed E-state index contributed by atoms with van der Waals surface area (Å²) >= 11 is 1.87. The molecule has 0 atom stereocenters. The van der Waals surface area contributed by atoms with Gasteiger partial charge in [0.05, 0.1) is 12.4 Å². The molecule has 1 N–H and O–H groups in total. The molecule has 1 fully saturated rings. The van der Waals surface area contributed by atoms with E-state index in [0.29, 0.717) is 12.6 Å². The number of thiophene rings is 1. The molecule has 1 aliphatic carbocycles. The molecule has 0 unspecified atom stereocenters. The lowest BCUT2D eigenvalue weighted by Crippen LogP contribution is -2.14. The van der Waals surface area contributed by atoms with E-state index in [-0.39, 0.29) is 0 Å². The van der Waals surface area contributed by atoms with Crippen LogP contribution in [0.5, 0.6) is 5.75 Å². The summed E-state index contributed by atoms with van der Waals surface area (Å²) in [6, 6.07) is 3.39. The van der Waals surface area contributed by atoms with Gasteiger partial charge in [0, 0.05) is 33.9 Å². The van der Waals surface area contributed by atoms with Crippen molar-refractivity contribution in [2.24, 2.45) is 0 Å². The molecule has 0 aromatic carbocycles.